The molecule has 2 heterocycles. The molecule has 0 N–H and O–H groups in total. The average Bonchev–Trinajstić information content (AvgIpc) is 3.87. The van der Waals surface area contributed by atoms with Crippen molar-refractivity contribution in [3.63, 3.8) is 0 Å². The van der Waals surface area contributed by atoms with E-state index in [0.29, 0.717) is 0 Å². The number of thiophene rings is 1. The first-order valence-electron chi connectivity index (χ1n) is 21.3. The highest BCUT2D eigenvalue weighted by molar-refractivity contribution is 7.26. The van der Waals surface area contributed by atoms with E-state index in [-0.39, 0.29) is 0 Å². The van der Waals surface area contributed by atoms with Crippen LogP contribution in [0.4, 0.5) is 34.1 Å². The molecular weight excluding hydrogens is 769 g/mol. The fourth-order valence-electron chi connectivity index (χ4n) is 10.6. The number of fused-ring (bicyclic) bond motifs is 13. The van der Waals surface area contributed by atoms with Crippen LogP contribution in [0.15, 0.2) is 231 Å². The maximum atomic E-state index is 2.48. The van der Waals surface area contributed by atoms with Crippen molar-refractivity contribution in [3.05, 3.63) is 253 Å². The third-order valence-electron chi connectivity index (χ3n) is 13.2. The summed E-state index contributed by atoms with van der Waals surface area (Å²) in [6.07, 6.45) is 0. The highest BCUT2D eigenvalue weighted by atomic mass is 32.1. The molecule has 0 fully saturated rings. The Morgan fingerprint density at radius 3 is 1.81 bits per heavy atom. The fraction of sp³-hybridized carbons (Fsp3) is 0.0169. The third-order valence-corrected chi connectivity index (χ3v) is 14.4. The van der Waals surface area contributed by atoms with Crippen LogP contribution in [-0.2, 0) is 5.41 Å². The number of benzene rings is 10. The zero-order chi connectivity index (χ0) is 40.8. The van der Waals surface area contributed by atoms with Crippen molar-refractivity contribution in [2.24, 2.45) is 0 Å². The zero-order valence-corrected chi connectivity index (χ0v) is 34.6. The van der Waals surface area contributed by atoms with Crippen molar-refractivity contribution in [3.8, 4) is 22.3 Å². The molecule has 0 atom stereocenters. The first kappa shape index (κ1) is 35.1. The molecule has 290 valence electrons. The van der Waals surface area contributed by atoms with E-state index in [1.807, 2.05) is 11.3 Å². The highest BCUT2D eigenvalue weighted by Gasteiger charge is 2.51. The van der Waals surface area contributed by atoms with E-state index in [1.54, 1.807) is 0 Å². The van der Waals surface area contributed by atoms with Gasteiger partial charge in [0.25, 0.3) is 0 Å². The quantitative estimate of drug-likeness (QED) is 0.171. The van der Waals surface area contributed by atoms with Crippen LogP contribution in [0.2, 0.25) is 0 Å². The van der Waals surface area contributed by atoms with Gasteiger partial charge in [0.15, 0.2) is 0 Å². The number of anilines is 6. The van der Waals surface area contributed by atoms with Gasteiger partial charge in [-0.15, -0.1) is 11.3 Å². The highest BCUT2D eigenvalue weighted by Crippen LogP contribution is 2.63. The molecule has 0 saturated heterocycles. The largest absolute Gasteiger partial charge is 0.310 e. The number of hydrogen-bond donors (Lipinski definition) is 0. The lowest BCUT2D eigenvalue weighted by molar-refractivity contribution is 0.753. The SMILES string of the molecule is c1ccc(N2c3ccccc3C3(c4ccccc4-c4ccc(-c5ccc(N(c6ccc7ccccc7c6)c6cccc7c6sc6ccccc67)cc5)cc43)c3ccccc32)cc1. The van der Waals surface area contributed by atoms with Gasteiger partial charge in [0.2, 0.25) is 0 Å². The second-order valence-corrected chi connectivity index (χ2v) is 17.5. The Morgan fingerprint density at radius 2 is 1.00 bits per heavy atom. The molecule has 0 unspecified atom stereocenters. The Labute approximate surface area is 364 Å². The number of rotatable bonds is 5. The Kier molecular flexibility index (Phi) is 7.72. The van der Waals surface area contributed by atoms with Gasteiger partial charge in [-0.2, -0.15) is 0 Å². The second kappa shape index (κ2) is 13.7. The maximum absolute atomic E-state index is 2.48. The van der Waals surface area contributed by atoms with E-state index in [9.17, 15) is 0 Å². The summed E-state index contributed by atoms with van der Waals surface area (Å²) in [5, 5.41) is 5.05. The minimum atomic E-state index is -0.504. The maximum Gasteiger partial charge on any atom is 0.0754 e. The minimum absolute atomic E-state index is 0.504. The smallest absolute Gasteiger partial charge is 0.0754 e. The molecule has 2 aliphatic rings. The molecule has 62 heavy (non-hydrogen) atoms. The van der Waals surface area contributed by atoms with Crippen molar-refractivity contribution >= 4 is 76.4 Å². The van der Waals surface area contributed by atoms with Crippen molar-refractivity contribution in [2.45, 2.75) is 5.41 Å². The Morgan fingerprint density at radius 1 is 0.387 bits per heavy atom. The molecule has 1 spiro atoms. The zero-order valence-electron chi connectivity index (χ0n) is 33.7. The summed E-state index contributed by atoms with van der Waals surface area (Å²) in [7, 11) is 0. The number of nitrogens with zero attached hydrogens (tertiary/aromatic N) is 2. The van der Waals surface area contributed by atoms with Gasteiger partial charge >= 0.3 is 0 Å². The molecule has 13 rings (SSSR count). The van der Waals surface area contributed by atoms with Crippen LogP contribution in [0.3, 0.4) is 0 Å². The number of para-hydroxylation sites is 3. The molecule has 0 radical (unpaired) electrons. The van der Waals surface area contributed by atoms with Gasteiger partial charge in [-0.25, -0.2) is 0 Å². The van der Waals surface area contributed by atoms with Crippen molar-refractivity contribution < 1.29 is 0 Å². The lowest BCUT2D eigenvalue weighted by atomic mass is 9.64. The molecule has 11 aromatic rings. The van der Waals surface area contributed by atoms with Crippen LogP contribution >= 0.6 is 11.3 Å². The van der Waals surface area contributed by atoms with Crippen LogP contribution in [0.5, 0.6) is 0 Å². The van der Waals surface area contributed by atoms with Crippen molar-refractivity contribution in [1.82, 2.24) is 0 Å². The first-order chi connectivity index (χ1) is 30.8. The van der Waals surface area contributed by atoms with Gasteiger partial charge < -0.3 is 9.80 Å². The molecule has 1 aromatic heterocycles. The van der Waals surface area contributed by atoms with Crippen molar-refractivity contribution in [1.29, 1.82) is 0 Å². The van der Waals surface area contributed by atoms with Gasteiger partial charge in [-0.3, -0.25) is 0 Å². The molecule has 0 bridgehead atoms. The van der Waals surface area contributed by atoms with Gasteiger partial charge in [-0.05, 0) is 122 Å². The summed E-state index contributed by atoms with van der Waals surface area (Å²) in [5.74, 6) is 0. The second-order valence-electron chi connectivity index (χ2n) is 16.4. The molecule has 0 amide bonds. The summed E-state index contributed by atoms with van der Waals surface area (Å²) in [5.41, 5.74) is 16.7. The van der Waals surface area contributed by atoms with E-state index in [0.717, 1.165) is 17.1 Å². The molecule has 1 aliphatic carbocycles. The molecule has 1 aliphatic heterocycles. The van der Waals surface area contributed by atoms with E-state index in [2.05, 4.69) is 240 Å². The van der Waals surface area contributed by atoms with E-state index in [4.69, 9.17) is 0 Å². The molecular formula is C59H38N2S. The standard InChI is InChI=1S/C59H38N2S/c1-2-17-43(18-3-1)61-54-25-11-9-23-51(54)59(52-24-10-12-26-55(52)61)50-22-8-6-19-46(50)47-36-32-42(38-53(47)59)40-29-33-44(34-30-40)60(45-35-31-39-15-4-5-16-41(39)37-45)56-27-14-21-49-48-20-7-13-28-57(48)62-58(49)56/h1-38H. The van der Waals surface area contributed by atoms with Crippen LogP contribution in [-0.4, -0.2) is 0 Å². The van der Waals surface area contributed by atoms with E-state index >= 15 is 0 Å². The molecule has 2 nitrogen and oxygen atoms in total. The van der Waals surface area contributed by atoms with Gasteiger partial charge in [0.1, 0.15) is 0 Å². The van der Waals surface area contributed by atoms with Crippen LogP contribution in [0, 0.1) is 0 Å². The topological polar surface area (TPSA) is 6.48 Å². The monoisotopic (exact) mass is 806 g/mol. The normalized spacial score (nSPS) is 13.3. The van der Waals surface area contributed by atoms with E-state index < -0.39 is 5.41 Å². The van der Waals surface area contributed by atoms with Gasteiger partial charge in [0, 0.05) is 32.5 Å². The van der Waals surface area contributed by atoms with Crippen molar-refractivity contribution in [2.75, 3.05) is 9.80 Å². The fourth-order valence-corrected chi connectivity index (χ4v) is 11.8. The Bertz CT molecular complexity index is 3500. The third kappa shape index (κ3) is 5.03. The summed E-state index contributed by atoms with van der Waals surface area (Å²) in [6.45, 7) is 0. The van der Waals surface area contributed by atoms with Gasteiger partial charge in [-0.1, -0.05) is 164 Å². The Hall–Kier alpha value is -7.72. The molecule has 3 heteroatoms. The van der Waals surface area contributed by atoms with E-state index in [1.165, 1.54) is 92.5 Å². The minimum Gasteiger partial charge on any atom is -0.310 e. The predicted molar refractivity (Wildman–Crippen MR) is 263 cm³/mol. The summed E-state index contributed by atoms with van der Waals surface area (Å²) >= 11 is 1.87. The molecule has 10 aromatic carbocycles. The molecule has 0 saturated carbocycles. The lowest BCUT2D eigenvalue weighted by Gasteiger charge is -2.45. The van der Waals surface area contributed by atoms with Crippen LogP contribution in [0.1, 0.15) is 22.3 Å². The van der Waals surface area contributed by atoms with Crippen LogP contribution < -0.4 is 9.80 Å². The summed E-state index contributed by atoms with van der Waals surface area (Å²) in [6, 6.07) is 85.3. The van der Waals surface area contributed by atoms with Crippen LogP contribution in [0.25, 0.3) is 53.2 Å². The summed E-state index contributed by atoms with van der Waals surface area (Å²) in [4.78, 5) is 4.89. The lowest BCUT2D eigenvalue weighted by Crippen LogP contribution is -2.36. The van der Waals surface area contributed by atoms with Gasteiger partial charge in [0.05, 0.1) is 27.2 Å². The first-order valence-corrected chi connectivity index (χ1v) is 22.2. The average molecular weight is 807 g/mol. The summed E-state index contributed by atoms with van der Waals surface area (Å²) < 4.78 is 2.59. The Balaban J connectivity index is 0.984. The number of hydrogen-bond acceptors (Lipinski definition) is 3. The predicted octanol–water partition coefficient (Wildman–Crippen LogP) is 16.5.